The van der Waals surface area contributed by atoms with Gasteiger partial charge in [0.05, 0.1) is 32.5 Å². The van der Waals surface area contributed by atoms with Crippen molar-refractivity contribution in [2.75, 3.05) is 6.61 Å². The van der Waals surface area contributed by atoms with Gasteiger partial charge in [-0.15, -0.1) is 0 Å². The van der Waals surface area contributed by atoms with Gasteiger partial charge in [-0.25, -0.2) is 0 Å². The molecule has 2 saturated heterocycles. The van der Waals surface area contributed by atoms with Gasteiger partial charge in [0.1, 0.15) is 24.4 Å². The molecule has 0 bridgehead atoms. The van der Waals surface area contributed by atoms with Gasteiger partial charge >= 0.3 is 11.9 Å². The Hall–Kier alpha value is -3.64. The van der Waals surface area contributed by atoms with E-state index in [-0.39, 0.29) is 26.2 Å². The van der Waals surface area contributed by atoms with E-state index < -0.39 is 54.5 Å². The molecule has 0 aromatic heterocycles. The van der Waals surface area contributed by atoms with Crippen LogP contribution in [0.25, 0.3) is 0 Å². The first-order valence-electron chi connectivity index (χ1n) is 14.6. The van der Waals surface area contributed by atoms with E-state index in [4.69, 9.17) is 33.2 Å². The Labute approximate surface area is 256 Å². The van der Waals surface area contributed by atoms with Crippen molar-refractivity contribution in [1.82, 2.24) is 0 Å². The smallest absolute Gasteiger partial charge is 0.305 e. The van der Waals surface area contributed by atoms with Gasteiger partial charge in [-0.2, -0.15) is 0 Å². The lowest BCUT2D eigenvalue weighted by Gasteiger charge is -2.52. The van der Waals surface area contributed by atoms with Gasteiger partial charge in [-0.1, -0.05) is 91.0 Å². The predicted octanol–water partition coefficient (Wildman–Crippen LogP) is 4.07. The molecule has 7 atom stereocenters. The first kappa shape index (κ1) is 31.8. The molecule has 2 aliphatic heterocycles. The van der Waals surface area contributed by atoms with E-state index in [9.17, 15) is 14.7 Å². The number of benzene rings is 3. The number of rotatable bonds is 12. The molecule has 5 rings (SSSR count). The van der Waals surface area contributed by atoms with Gasteiger partial charge in [0, 0.05) is 20.3 Å². The minimum absolute atomic E-state index is 0.141. The standard InChI is InChI=1S/C34H38O10/c1-23(35)41-33-34(37,44-24(2)36)18-28-31(43-33)32(40-21-27-16-10-5-11-17-27)30(39-20-26-14-8-4-9-15-26)29(42-28)22-38-19-25-12-6-3-7-13-25/h3-17,28-33,37H,18-22H2,1-2H3/t28-,29+,30+,31-,32-,33?,34+/m0/s1. The Morgan fingerprint density at radius 2 is 1.27 bits per heavy atom. The fourth-order valence-corrected chi connectivity index (χ4v) is 5.49. The Kier molecular flexibility index (Phi) is 10.8. The van der Waals surface area contributed by atoms with Crippen molar-refractivity contribution in [2.24, 2.45) is 0 Å². The number of aliphatic hydroxyl groups is 1. The molecule has 0 spiro atoms. The summed E-state index contributed by atoms with van der Waals surface area (Å²) < 4.78 is 42.4. The second-order valence-corrected chi connectivity index (χ2v) is 10.9. The van der Waals surface area contributed by atoms with Gasteiger partial charge in [0.25, 0.3) is 12.1 Å². The Morgan fingerprint density at radius 3 is 1.80 bits per heavy atom. The number of esters is 2. The van der Waals surface area contributed by atoms with Crippen LogP contribution in [-0.4, -0.2) is 66.2 Å². The average Bonchev–Trinajstić information content (AvgIpc) is 3.01. The predicted molar refractivity (Wildman–Crippen MR) is 157 cm³/mol. The van der Waals surface area contributed by atoms with E-state index >= 15 is 0 Å². The van der Waals surface area contributed by atoms with E-state index in [1.54, 1.807) is 0 Å². The van der Waals surface area contributed by atoms with Crippen LogP contribution in [0.4, 0.5) is 0 Å². The molecule has 234 valence electrons. The third-order valence-electron chi connectivity index (χ3n) is 7.43. The van der Waals surface area contributed by atoms with Crippen LogP contribution in [0.3, 0.4) is 0 Å². The Balaban J connectivity index is 1.44. The minimum atomic E-state index is -2.28. The highest BCUT2D eigenvalue weighted by molar-refractivity contribution is 5.67. The van der Waals surface area contributed by atoms with E-state index in [2.05, 4.69) is 0 Å². The third kappa shape index (κ3) is 8.29. The number of carbonyl (C=O) groups excluding carboxylic acids is 2. The molecule has 3 aromatic carbocycles. The summed E-state index contributed by atoms with van der Waals surface area (Å²) in [6, 6.07) is 29.1. The van der Waals surface area contributed by atoms with Crippen molar-refractivity contribution in [1.29, 1.82) is 0 Å². The van der Waals surface area contributed by atoms with Gasteiger partial charge in [-0.3, -0.25) is 9.59 Å². The van der Waals surface area contributed by atoms with Gasteiger partial charge < -0.3 is 38.3 Å². The summed E-state index contributed by atoms with van der Waals surface area (Å²) in [5.41, 5.74) is 2.87. The Bertz CT molecular complexity index is 1340. The highest BCUT2D eigenvalue weighted by Gasteiger charge is 2.60. The molecule has 10 nitrogen and oxygen atoms in total. The lowest BCUT2D eigenvalue weighted by atomic mass is 9.88. The quantitative estimate of drug-likeness (QED) is 0.239. The van der Waals surface area contributed by atoms with Crippen LogP contribution >= 0.6 is 0 Å². The summed E-state index contributed by atoms with van der Waals surface area (Å²) in [7, 11) is 0. The topological polar surface area (TPSA) is 119 Å². The van der Waals surface area contributed by atoms with Crippen LogP contribution in [-0.2, 0) is 62.6 Å². The van der Waals surface area contributed by atoms with Crippen molar-refractivity contribution in [2.45, 2.75) is 82.7 Å². The fourth-order valence-electron chi connectivity index (χ4n) is 5.49. The molecule has 1 N–H and O–H groups in total. The van der Waals surface area contributed by atoms with Crippen LogP contribution in [0.2, 0.25) is 0 Å². The molecule has 44 heavy (non-hydrogen) atoms. The van der Waals surface area contributed by atoms with Crippen molar-refractivity contribution in [3.63, 3.8) is 0 Å². The maximum absolute atomic E-state index is 12.0. The van der Waals surface area contributed by atoms with Crippen molar-refractivity contribution in [3.8, 4) is 0 Å². The zero-order valence-electron chi connectivity index (χ0n) is 24.8. The molecule has 0 radical (unpaired) electrons. The summed E-state index contributed by atoms with van der Waals surface area (Å²) in [6.07, 6.45) is -5.62. The number of ether oxygens (including phenoxy) is 7. The van der Waals surface area contributed by atoms with E-state index in [1.807, 2.05) is 91.0 Å². The van der Waals surface area contributed by atoms with Crippen LogP contribution < -0.4 is 0 Å². The molecule has 10 heteroatoms. The molecule has 0 amide bonds. The summed E-state index contributed by atoms with van der Waals surface area (Å²) in [4.78, 5) is 24.0. The molecule has 3 aromatic rings. The number of hydrogen-bond acceptors (Lipinski definition) is 10. The second kappa shape index (κ2) is 14.9. The summed E-state index contributed by atoms with van der Waals surface area (Å²) >= 11 is 0. The van der Waals surface area contributed by atoms with Crippen molar-refractivity contribution >= 4 is 11.9 Å². The second-order valence-electron chi connectivity index (χ2n) is 10.9. The normalized spacial score (nSPS) is 28.1. The first-order valence-corrected chi connectivity index (χ1v) is 14.6. The summed E-state index contributed by atoms with van der Waals surface area (Å²) in [5, 5.41) is 11.4. The van der Waals surface area contributed by atoms with Crippen LogP contribution in [0.5, 0.6) is 0 Å². The van der Waals surface area contributed by atoms with E-state index in [1.165, 1.54) is 6.92 Å². The molecular weight excluding hydrogens is 568 g/mol. The molecule has 2 fully saturated rings. The number of carbonyl (C=O) groups is 2. The summed E-state index contributed by atoms with van der Waals surface area (Å²) in [6.45, 7) is 3.30. The van der Waals surface area contributed by atoms with Crippen LogP contribution in [0.1, 0.15) is 37.0 Å². The maximum atomic E-state index is 12.0. The molecule has 1 unspecified atom stereocenters. The van der Waals surface area contributed by atoms with Gasteiger partial charge in [-0.05, 0) is 16.7 Å². The summed E-state index contributed by atoms with van der Waals surface area (Å²) in [5.74, 6) is -3.77. The average molecular weight is 607 g/mol. The van der Waals surface area contributed by atoms with Crippen LogP contribution in [0.15, 0.2) is 91.0 Å². The lowest BCUT2D eigenvalue weighted by Crippen LogP contribution is -2.69. The zero-order valence-corrected chi connectivity index (χ0v) is 24.8. The SMILES string of the molecule is CC(=O)OC1O[C@@H]2[C@@H](OCc3ccccc3)[C@H](OCc3ccccc3)[C@@H](COCc3ccccc3)O[C@H]2C[C@@]1(O)OC(C)=O. The molecule has 0 aliphatic carbocycles. The molecule has 2 aliphatic rings. The lowest BCUT2D eigenvalue weighted by molar-refractivity contribution is -0.395. The monoisotopic (exact) mass is 606 g/mol. The zero-order chi connectivity index (χ0) is 30.9. The van der Waals surface area contributed by atoms with Crippen molar-refractivity contribution < 1.29 is 47.9 Å². The number of hydrogen-bond donors (Lipinski definition) is 1. The Morgan fingerprint density at radius 1 is 0.750 bits per heavy atom. The van der Waals surface area contributed by atoms with E-state index in [0.717, 1.165) is 23.6 Å². The maximum Gasteiger partial charge on any atom is 0.305 e. The largest absolute Gasteiger partial charge is 0.429 e. The molecular formula is C34H38O10. The van der Waals surface area contributed by atoms with Crippen LogP contribution in [0, 0.1) is 0 Å². The first-order chi connectivity index (χ1) is 21.3. The van der Waals surface area contributed by atoms with Crippen molar-refractivity contribution in [3.05, 3.63) is 108 Å². The highest BCUT2D eigenvalue weighted by atomic mass is 16.8. The molecule has 0 saturated carbocycles. The van der Waals surface area contributed by atoms with Gasteiger partial charge in [0.2, 0.25) is 0 Å². The van der Waals surface area contributed by atoms with E-state index in [0.29, 0.717) is 6.61 Å². The highest BCUT2D eigenvalue weighted by Crippen LogP contribution is 2.40. The fraction of sp³-hybridized carbons (Fsp3) is 0.412. The third-order valence-corrected chi connectivity index (χ3v) is 7.43. The molecule has 2 heterocycles. The van der Waals surface area contributed by atoms with Gasteiger partial charge in [0.15, 0.2) is 0 Å². The minimum Gasteiger partial charge on any atom is -0.429 e. The number of fused-ring (bicyclic) bond motifs is 1.